The Hall–Kier alpha value is -2.32. The highest BCUT2D eigenvalue weighted by Crippen LogP contribution is 2.38. The van der Waals surface area contributed by atoms with Crippen LogP contribution in [0.25, 0.3) is 0 Å². The molecule has 0 unspecified atom stereocenters. The second kappa shape index (κ2) is 7.60. The number of rotatable bonds is 4. The van der Waals surface area contributed by atoms with Gasteiger partial charge in [0.2, 0.25) is 0 Å². The van der Waals surface area contributed by atoms with Crippen LogP contribution in [0, 0.1) is 0 Å². The Morgan fingerprint density at radius 1 is 0.571 bits per heavy atom. The second-order valence-corrected chi connectivity index (χ2v) is 13.8. The van der Waals surface area contributed by atoms with E-state index in [-0.39, 0.29) is 10.5 Å². The van der Waals surface area contributed by atoms with Gasteiger partial charge in [-0.05, 0) is 38.5 Å². The van der Waals surface area contributed by atoms with Crippen molar-refractivity contribution in [2.24, 2.45) is 0 Å². The number of hydrogen-bond acceptors (Lipinski definition) is 1. The third-order valence-corrected chi connectivity index (χ3v) is 10.4. The minimum absolute atomic E-state index is 0.0294. The molecule has 0 heterocycles. The van der Waals surface area contributed by atoms with Crippen LogP contribution in [0.1, 0.15) is 47.1 Å². The fourth-order valence-corrected chi connectivity index (χ4v) is 8.27. The summed E-state index contributed by atoms with van der Waals surface area (Å²) in [5.74, 6) is 0.947. The van der Waals surface area contributed by atoms with E-state index in [0.717, 1.165) is 5.75 Å². The summed E-state index contributed by atoms with van der Waals surface area (Å²) in [5, 5.41) is 2.57. The SMILES string of the molecule is CC(C)(C)c1ccc(O[Si](c2ccccc2)(c2ccccc2)C(C)(C)C)cc1. The molecular weight excluding hydrogens is 356 g/mol. The van der Waals surface area contributed by atoms with E-state index >= 15 is 0 Å². The van der Waals surface area contributed by atoms with Crippen LogP contribution in [0.4, 0.5) is 0 Å². The van der Waals surface area contributed by atoms with Crippen molar-refractivity contribution in [3.63, 3.8) is 0 Å². The van der Waals surface area contributed by atoms with Crippen LogP contribution in [-0.2, 0) is 5.41 Å². The summed E-state index contributed by atoms with van der Waals surface area (Å²) in [6.45, 7) is 13.6. The average Bonchev–Trinajstić information content (AvgIpc) is 2.66. The molecule has 3 rings (SSSR count). The second-order valence-electron chi connectivity index (χ2n) is 9.54. The van der Waals surface area contributed by atoms with Gasteiger partial charge in [0.05, 0.1) is 0 Å². The topological polar surface area (TPSA) is 9.23 Å². The first-order chi connectivity index (χ1) is 13.1. The summed E-state index contributed by atoms with van der Waals surface area (Å²) in [4.78, 5) is 0. The van der Waals surface area contributed by atoms with Crippen LogP contribution >= 0.6 is 0 Å². The first-order valence-corrected chi connectivity index (χ1v) is 12.0. The zero-order valence-corrected chi connectivity index (χ0v) is 19.0. The highest BCUT2D eigenvalue weighted by molar-refractivity contribution is 7.00. The van der Waals surface area contributed by atoms with Gasteiger partial charge in [-0.1, -0.05) is 114 Å². The molecule has 0 saturated heterocycles. The Morgan fingerprint density at radius 3 is 1.36 bits per heavy atom. The van der Waals surface area contributed by atoms with Crippen LogP contribution in [0.5, 0.6) is 5.75 Å². The van der Waals surface area contributed by atoms with E-state index in [9.17, 15) is 0 Å². The summed E-state index contributed by atoms with van der Waals surface area (Å²) >= 11 is 0. The molecule has 0 radical (unpaired) electrons. The molecule has 0 spiro atoms. The molecule has 0 amide bonds. The molecule has 3 aromatic carbocycles. The van der Waals surface area contributed by atoms with E-state index in [1.165, 1.54) is 15.9 Å². The van der Waals surface area contributed by atoms with Gasteiger partial charge in [-0.3, -0.25) is 0 Å². The summed E-state index contributed by atoms with van der Waals surface area (Å²) in [6, 6.07) is 30.2. The first kappa shape index (κ1) is 20.4. The van der Waals surface area contributed by atoms with Gasteiger partial charge in [0, 0.05) is 0 Å². The Morgan fingerprint density at radius 2 is 1.00 bits per heavy atom. The maximum absolute atomic E-state index is 7.05. The fraction of sp³-hybridized carbons (Fsp3) is 0.308. The fourth-order valence-electron chi connectivity index (χ4n) is 3.85. The van der Waals surface area contributed by atoms with Crippen LogP contribution in [0.15, 0.2) is 84.9 Å². The molecule has 3 aromatic rings. The molecule has 2 heteroatoms. The molecule has 0 N–H and O–H groups in total. The third kappa shape index (κ3) is 3.93. The molecule has 0 aromatic heterocycles. The van der Waals surface area contributed by atoms with Gasteiger partial charge in [0.1, 0.15) is 5.75 Å². The van der Waals surface area contributed by atoms with Crippen molar-refractivity contribution in [3.8, 4) is 5.75 Å². The number of benzene rings is 3. The minimum Gasteiger partial charge on any atom is -0.534 e. The van der Waals surface area contributed by atoms with Crippen molar-refractivity contribution in [2.45, 2.75) is 52.0 Å². The normalized spacial score (nSPS) is 12.6. The minimum atomic E-state index is -2.55. The largest absolute Gasteiger partial charge is 0.534 e. The average molecular weight is 389 g/mol. The molecule has 0 atom stereocenters. The van der Waals surface area contributed by atoms with E-state index < -0.39 is 8.32 Å². The summed E-state index contributed by atoms with van der Waals surface area (Å²) in [7, 11) is -2.55. The van der Waals surface area contributed by atoms with Crippen molar-refractivity contribution >= 4 is 18.7 Å². The summed E-state index contributed by atoms with van der Waals surface area (Å²) < 4.78 is 7.05. The monoisotopic (exact) mass is 388 g/mol. The van der Waals surface area contributed by atoms with Gasteiger partial charge in [0.25, 0.3) is 0 Å². The summed E-state index contributed by atoms with van der Waals surface area (Å²) in [6.07, 6.45) is 0. The van der Waals surface area contributed by atoms with E-state index in [2.05, 4.69) is 126 Å². The number of hydrogen-bond donors (Lipinski definition) is 0. The van der Waals surface area contributed by atoms with E-state index in [4.69, 9.17) is 4.43 Å². The molecule has 1 nitrogen and oxygen atoms in total. The smallest absolute Gasteiger partial charge is 0.319 e. The lowest BCUT2D eigenvalue weighted by atomic mass is 9.87. The van der Waals surface area contributed by atoms with E-state index in [0.29, 0.717) is 0 Å². The van der Waals surface area contributed by atoms with Crippen LogP contribution in [-0.4, -0.2) is 8.32 Å². The Bertz CT molecular complexity index is 846. The maximum Gasteiger partial charge on any atom is 0.319 e. The lowest BCUT2D eigenvalue weighted by Crippen LogP contribution is -2.68. The van der Waals surface area contributed by atoms with E-state index in [1.54, 1.807) is 0 Å². The van der Waals surface area contributed by atoms with Crippen LogP contribution in [0.3, 0.4) is 0 Å². The van der Waals surface area contributed by atoms with Gasteiger partial charge in [-0.25, -0.2) is 0 Å². The maximum atomic E-state index is 7.05. The predicted molar refractivity (Wildman–Crippen MR) is 123 cm³/mol. The lowest BCUT2D eigenvalue weighted by molar-refractivity contribution is 0.507. The van der Waals surface area contributed by atoms with Gasteiger partial charge in [0.15, 0.2) is 0 Å². The molecule has 0 fully saturated rings. The third-order valence-electron chi connectivity index (χ3n) is 5.41. The zero-order valence-electron chi connectivity index (χ0n) is 18.0. The van der Waals surface area contributed by atoms with Crippen molar-refractivity contribution in [3.05, 3.63) is 90.5 Å². The van der Waals surface area contributed by atoms with Gasteiger partial charge < -0.3 is 4.43 Å². The molecule has 0 aliphatic heterocycles. The standard InChI is InChI=1S/C26H32OSi/c1-25(2,3)21-17-19-22(20-18-21)27-28(26(4,5)6,23-13-9-7-10-14-23)24-15-11-8-12-16-24/h7-20H,1-6H3. The molecule has 0 saturated carbocycles. The molecule has 28 heavy (non-hydrogen) atoms. The summed E-state index contributed by atoms with van der Waals surface area (Å²) in [5.41, 5.74) is 1.46. The van der Waals surface area contributed by atoms with Crippen molar-refractivity contribution in [2.75, 3.05) is 0 Å². The molecular formula is C26H32OSi. The molecule has 0 bridgehead atoms. The van der Waals surface area contributed by atoms with Gasteiger partial charge in [-0.15, -0.1) is 0 Å². The van der Waals surface area contributed by atoms with E-state index in [1.807, 2.05) is 0 Å². The van der Waals surface area contributed by atoms with Crippen LogP contribution < -0.4 is 14.8 Å². The quantitative estimate of drug-likeness (QED) is 0.504. The Kier molecular flexibility index (Phi) is 5.54. The Balaban J connectivity index is 2.16. The van der Waals surface area contributed by atoms with Crippen molar-refractivity contribution in [1.29, 1.82) is 0 Å². The van der Waals surface area contributed by atoms with Gasteiger partial charge >= 0.3 is 8.32 Å². The highest BCUT2D eigenvalue weighted by atomic mass is 28.4. The molecule has 0 aliphatic rings. The highest BCUT2D eigenvalue weighted by Gasteiger charge is 2.52. The van der Waals surface area contributed by atoms with Crippen LogP contribution in [0.2, 0.25) is 5.04 Å². The van der Waals surface area contributed by atoms with Crippen molar-refractivity contribution in [1.82, 2.24) is 0 Å². The van der Waals surface area contributed by atoms with Gasteiger partial charge in [-0.2, -0.15) is 0 Å². The molecule has 0 aliphatic carbocycles. The van der Waals surface area contributed by atoms with Crippen molar-refractivity contribution < 1.29 is 4.43 Å². The lowest BCUT2D eigenvalue weighted by Gasteiger charge is -2.43. The zero-order chi connectivity index (χ0) is 20.4. The molecule has 146 valence electrons. The Labute approximate surface area is 171 Å². The first-order valence-electron chi connectivity index (χ1n) is 10.1. The predicted octanol–water partition coefficient (Wildman–Crippen LogP) is 5.92.